The van der Waals surface area contributed by atoms with Crippen molar-refractivity contribution in [2.45, 2.75) is 6.54 Å². The maximum atomic E-state index is 10.5. The van der Waals surface area contributed by atoms with Crippen LogP contribution in [0.4, 0.5) is 5.69 Å². The summed E-state index contributed by atoms with van der Waals surface area (Å²) in [5, 5.41) is 10.5. The Labute approximate surface area is 103 Å². The summed E-state index contributed by atoms with van der Waals surface area (Å²) in [7, 11) is 0. The molecule has 0 atom stereocenters. The molecule has 2 aromatic rings. The summed E-state index contributed by atoms with van der Waals surface area (Å²) in [6.45, 7) is 0.468. The fourth-order valence-corrected chi connectivity index (χ4v) is 1.36. The van der Waals surface area contributed by atoms with Gasteiger partial charge in [-0.2, -0.15) is 0 Å². The molecule has 0 amide bonds. The van der Waals surface area contributed by atoms with Crippen LogP contribution < -0.4 is 10.5 Å². The van der Waals surface area contributed by atoms with Gasteiger partial charge in [0, 0.05) is 18.7 Å². The van der Waals surface area contributed by atoms with Crippen LogP contribution in [0.1, 0.15) is 5.56 Å². The normalized spacial score (nSPS) is 10.1. The summed E-state index contributed by atoms with van der Waals surface area (Å²) in [6.07, 6.45) is 1.16. The van der Waals surface area contributed by atoms with E-state index >= 15 is 0 Å². The van der Waals surface area contributed by atoms with E-state index in [2.05, 4.69) is 4.98 Å². The van der Waals surface area contributed by atoms with Crippen LogP contribution in [-0.4, -0.2) is 9.91 Å². The zero-order valence-electron chi connectivity index (χ0n) is 9.45. The van der Waals surface area contributed by atoms with E-state index in [-0.39, 0.29) is 5.69 Å². The minimum atomic E-state index is -0.507. The van der Waals surface area contributed by atoms with E-state index in [1.807, 2.05) is 12.1 Å². The van der Waals surface area contributed by atoms with Crippen LogP contribution in [-0.2, 0) is 6.54 Å². The van der Waals surface area contributed by atoms with Crippen molar-refractivity contribution < 1.29 is 9.66 Å². The fraction of sp³-hybridized carbons (Fsp3) is 0.0833. The van der Waals surface area contributed by atoms with Crippen LogP contribution in [0.3, 0.4) is 0 Å². The molecule has 1 aromatic heterocycles. The Morgan fingerprint density at radius 1 is 1.22 bits per heavy atom. The Morgan fingerprint density at radius 3 is 2.44 bits per heavy atom. The third-order valence-electron chi connectivity index (χ3n) is 2.31. The first-order chi connectivity index (χ1) is 8.69. The lowest BCUT2D eigenvalue weighted by atomic mass is 10.2. The third kappa shape index (κ3) is 2.80. The maximum Gasteiger partial charge on any atom is 0.287 e. The molecule has 0 radical (unpaired) electrons. The Bertz CT molecular complexity index is 537. The van der Waals surface area contributed by atoms with Crippen molar-refractivity contribution in [1.82, 2.24) is 4.98 Å². The van der Waals surface area contributed by atoms with Gasteiger partial charge in [-0.25, -0.2) is 4.98 Å². The number of aromatic nitrogens is 1. The highest BCUT2D eigenvalue weighted by atomic mass is 16.6. The van der Waals surface area contributed by atoms with Crippen LogP contribution in [0.2, 0.25) is 0 Å². The van der Waals surface area contributed by atoms with Gasteiger partial charge < -0.3 is 10.5 Å². The minimum absolute atomic E-state index is 0.0687. The summed E-state index contributed by atoms with van der Waals surface area (Å²) < 4.78 is 5.44. The van der Waals surface area contributed by atoms with Crippen molar-refractivity contribution in [1.29, 1.82) is 0 Å². The van der Waals surface area contributed by atoms with Crippen molar-refractivity contribution in [3.8, 4) is 11.6 Å². The molecule has 0 aliphatic carbocycles. The van der Waals surface area contributed by atoms with Gasteiger partial charge in [0.25, 0.3) is 5.69 Å². The lowest BCUT2D eigenvalue weighted by Gasteiger charge is -2.04. The molecule has 2 N–H and O–H groups in total. The van der Waals surface area contributed by atoms with Crippen molar-refractivity contribution in [2.24, 2.45) is 5.73 Å². The molecule has 0 spiro atoms. The Morgan fingerprint density at radius 2 is 1.94 bits per heavy atom. The second-order valence-corrected chi connectivity index (χ2v) is 3.56. The second kappa shape index (κ2) is 5.24. The van der Waals surface area contributed by atoms with Crippen molar-refractivity contribution >= 4 is 5.69 Å². The first-order valence-electron chi connectivity index (χ1n) is 5.26. The van der Waals surface area contributed by atoms with Crippen LogP contribution in [0, 0.1) is 10.1 Å². The van der Waals surface area contributed by atoms with Crippen molar-refractivity contribution in [3.63, 3.8) is 0 Å². The molecule has 6 heteroatoms. The van der Waals surface area contributed by atoms with E-state index < -0.39 is 4.92 Å². The highest BCUT2D eigenvalue weighted by Crippen LogP contribution is 2.21. The number of pyridine rings is 1. The van der Waals surface area contributed by atoms with Crippen LogP contribution in [0.5, 0.6) is 11.6 Å². The highest BCUT2D eigenvalue weighted by Gasteiger charge is 2.06. The van der Waals surface area contributed by atoms with Crippen LogP contribution in [0.25, 0.3) is 0 Å². The number of ether oxygens (including phenoxy) is 1. The van der Waals surface area contributed by atoms with E-state index in [0.29, 0.717) is 18.2 Å². The highest BCUT2D eigenvalue weighted by molar-refractivity contribution is 5.33. The molecule has 0 bridgehead atoms. The van der Waals surface area contributed by atoms with E-state index in [0.717, 1.165) is 11.8 Å². The molecular weight excluding hydrogens is 234 g/mol. The molecular formula is C12H11N3O3. The number of nitro groups is 1. The van der Waals surface area contributed by atoms with Crippen molar-refractivity contribution in [2.75, 3.05) is 0 Å². The van der Waals surface area contributed by atoms with Crippen LogP contribution >= 0.6 is 0 Å². The van der Waals surface area contributed by atoms with E-state index in [4.69, 9.17) is 10.5 Å². The van der Waals surface area contributed by atoms with Crippen molar-refractivity contribution in [3.05, 3.63) is 58.3 Å². The summed E-state index contributed by atoms with van der Waals surface area (Å²) in [4.78, 5) is 13.8. The molecule has 92 valence electrons. The summed E-state index contributed by atoms with van der Waals surface area (Å²) in [5.41, 5.74) is 6.41. The average Bonchev–Trinajstić information content (AvgIpc) is 2.40. The first-order valence-corrected chi connectivity index (χ1v) is 5.26. The van der Waals surface area contributed by atoms with Gasteiger partial charge in [0.2, 0.25) is 5.88 Å². The SMILES string of the molecule is NCc1ccc(Oc2ccc([N+](=O)[O-])cn2)cc1. The quantitative estimate of drug-likeness (QED) is 0.658. The predicted molar refractivity (Wildman–Crippen MR) is 65.3 cm³/mol. The van der Waals surface area contributed by atoms with Gasteiger partial charge >= 0.3 is 0 Å². The Kier molecular flexibility index (Phi) is 3.49. The Balaban J connectivity index is 2.10. The maximum absolute atomic E-state index is 10.5. The fourth-order valence-electron chi connectivity index (χ4n) is 1.36. The third-order valence-corrected chi connectivity index (χ3v) is 2.31. The van der Waals surface area contributed by atoms with E-state index in [1.165, 1.54) is 12.1 Å². The number of hydrogen-bond acceptors (Lipinski definition) is 5. The minimum Gasteiger partial charge on any atom is -0.439 e. The number of rotatable bonds is 4. The molecule has 0 aliphatic rings. The number of hydrogen-bond donors (Lipinski definition) is 1. The molecule has 6 nitrogen and oxygen atoms in total. The topological polar surface area (TPSA) is 91.3 Å². The zero-order valence-corrected chi connectivity index (χ0v) is 9.45. The number of nitrogens with two attached hydrogens (primary N) is 1. The lowest BCUT2D eigenvalue weighted by Crippen LogP contribution is -1.95. The molecule has 0 fully saturated rings. The molecule has 1 aromatic carbocycles. The summed E-state index contributed by atoms with van der Waals surface area (Å²) >= 11 is 0. The predicted octanol–water partition coefficient (Wildman–Crippen LogP) is 2.24. The molecule has 2 rings (SSSR count). The number of nitrogens with zero attached hydrogens (tertiary/aromatic N) is 2. The largest absolute Gasteiger partial charge is 0.439 e. The number of benzene rings is 1. The first kappa shape index (κ1) is 12.0. The summed E-state index contributed by atoms with van der Waals surface area (Å²) in [6, 6.07) is 10.0. The molecule has 0 saturated heterocycles. The molecule has 1 heterocycles. The van der Waals surface area contributed by atoms with Gasteiger partial charge in [-0.1, -0.05) is 12.1 Å². The lowest BCUT2D eigenvalue weighted by molar-refractivity contribution is -0.385. The van der Waals surface area contributed by atoms with Gasteiger partial charge in [-0.15, -0.1) is 0 Å². The van der Waals surface area contributed by atoms with Gasteiger partial charge in [0.1, 0.15) is 11.9 Å². The average molecular weight is 245 g/mol. The smallest absolute Gasteiger partial charge is 0.287 e. The monoisotopic (exact) mass is 245 g/mol. The van der Waals surface area contributed by atoms with Gasteiger partial charge in [-0.3, -0.25) is 10.1 Å². The molecule has 0 unspecified atom stereocenters. The van der Waals surface area contributed by atoms with Gasteiger partial charge in [0.05, 0.1) is 4.92 Å². The van der Waals surface area contributed by atoms with Gasteiger partial charge in [-0.05, 0) is 17.7 Å². The standard InChI is InChI=1S/C12H11N3O3/c13-7-9-1-4-11(5-2-9)18-12-6-3-10(8-14-12)15(16)17/h1-6,8H,7,13H2. The summed E-state index contributed by atoms with van der Waals surface area (Å²) in [5.74, 6) is 0.912. The second-order valence-electron chi connectivity index (χ2n) is 3.56. The van der Waals surface area contributed by atoms with E-state index in [9.17, 15) is 10.1 Å². The van der Waals surface area contributed by atoms with E-state index in [1.54, 1.807) is 12.1 Å². The Hall–Kier alpha value is -2.47. The van der Waals surface area contributed by atoms with Gasteiger partial charge in [0.15, 0.2) is 0 Å². The molecule has 18 heavy (non-hydrogen) atoms. The zero-order chi connectivity index (χ0) is 13.0. The molecule has 0 aliphatic heterocycles. The van der Waals surface area contributed by atoms with Crippen LogP contribution in [0.15, 0.2) is 42.6 Å². The molecule has 0 saturated carbocycles.